The van der Waals surface area contributed by atoms with E-state index in [-0.39, 0.29) is 16.7 Å². The Balaban J connectivity index is 2.89. The SMILES string of the molecule is Cc1ccccc1-c1cc(C(C)(C)C)c(O)c(C(=O)O)c1C. The monoisotopic (exact) mass is 298 g/mol. The first kappa shape index (κ1) is 16.1. The van der Waals surface area contributed by atoms with Gasteiger partial charge in [0.15, 0.2) is 0 Å². The van der Waals surface area contributed by atoms with Crippen LogP contribution in [0.2, 0.25) is 0 Å². The van der Waals surface area contributed by atoms with Crippen LogP contribution < -0.4 is 0 Å². The van der Waals surface area contributed by atoms with Gasteiger partial charge >= 0.3 is 5.97 Å². The summed E-state index contributed by atoms with van der Waals surface area (Å²) in [5.41, 5.74) is 3.81. The number of aromatic carboxylic acids is 1. The minimum Gasteiger partial charge on any atom is -0.507 e. The zero-order valence-corrected chi connectivity index (χ0v) is 13.7. The molecule has 0 unspecified atom stereocenters. The normalized spacial score (nSPS) is 11.5. The molecule has 0 saturated carbocycles. The molecule has 0 radical (unpaired) electrons. The fourth-order valence-corrected chi connectivity index (χ4v) is 2.76. The molecule has 116 valence electrons. The van der Waals surface area contributed by atoms with Crippen LogP contribution in [0.25, 0.3) is 11.1 Å². The molecular weight excluding hydrogens is 276 g/mol. The highest BCUT2D eigenvalue weighted by atomic mass is 16.4. The lowest BCUT2D eigenvalue weighted by Crippen LogP contribution is -2.15. The molecule has 0 aliphatic heterocycles. The lowest BCUT2D eigenvalue weighted by atomic mass is 9.81. The van der Waals surface area contributed by atoms with E-state index in [1.807, 2.05) is 58.0 Å². The van der Waals surface area contributed by atoms with Crippen molar-refractivity contribution in [3.8, 4) is 16.9 Å². The summed E-state index contributed by atoms with van der Waals surface area (Å²) in [6.45, 7) is 9.64. The van der Waals surface area contributed by atoms with Crippen LogP contribution in [0.4, 0.5) is 0 Å². The van der Waals surface area contributed by atoms with Crippen LogP contribution in [0.3, 0.4) is 0 Å². The minimum atomic E-state index is -1.10. The van der Waals surface area contributed by atoms with E-state index >= 15 is 0 Å². The first-order valence-electron chi connectivity index (χ1n) is 7.31. The molecule has 2 rings (SSSR count). The number of rotatable bonds is 2. The molecule has 2 aromatic carbocycles. The van der Waals surface area contributed by atoms with Crippen LogP contribution in [0.1, 0.15) is 47.8 Å². The summed E-state index contributed by atoms with van der Waals surface area (Å²) >= 11 is 0. The fraction of sp³-hybridized carbons (Fsp3) is 0.316. The predicted molar refractivity (Wildman–Crippen MR) is 88.7 cm³/mol. The van der Waals surface area contributed by atoms with E-state index in [2.05, 4.69) is 0 Å². The van der Waals surface area contributed by atoms with Crippen LogP contribution in [-0.4, -0.2) is 16.2 Å². The van der Waals surface area contributed by atoms with Crippen molar-refractivity contribution in [2.75, 3.05) is 0 Å². The average molecular weight is 298 g/mol. The molecule has 2 aromatic rings. The van der Waals surface area contributed by atoms with Gasteiger partial charge in [-0.05, 0) is 47.6 Å². The first-order valence-corrected chi connectivity index (χ1v) is 7.31. The molecule has 0 bridgehead atoms. The van der Waals surface area contributed by atoms with E-state index in [1.165, 1.54) is 0 Å². The molecule has 2 N–H and O–H groups in total. The number of aromatic hydroxyl groups is 1. The Kier molecular flexibility index (Phi) is 4.01. The van der Waals surface area contributed by atoms with Crippen molar-refractivity contribution >= 4 is 5.97 Å². The lowest BCUT2D eigenvalue weighted by molar-refractivity contribution is 0.0692. The quantitative estimate of drug-likeness (QED) is 0.847. The van der Waals surface area contributed by atoms with E-state index in [4.69, 9.17) is 0 Å². The Bertz CT molecular complexity index is 737. The van der Waals surface area contributed by atoms with Gasteiger partial charge < -0.3 is 10.2 Å². The third-order valence-electron chi connectivity index (χ3n) is 4.02. The van der Waals surface area contributed by atoms with Gasteiger partial charge in [-0.3, -0.25) is 0 Å². The van der Waals surface area contributed by atoms with E-state index in [0.29, 0.717) is 11.1 Å². The van der Waals surface area contributed by atoms with Crippen molar-refractivity contribution in [2.24, 2.45) is 0 Å². The highest BCUT2D eigenvalue weighted by molar-refractivity contribution is 5.96. The molecule has 3 heteroatoms. The second kappa shape index (κ2) is 5.48. The number of carbonyl (C=O) groups is 1. The number of carboxylic acids is 1. The van der Waals surface area contributed by atoms with Gasteiger partial charge in [-0.1, -0.05) is 45.0 Å². The molecule has 0 spiro atoms. The Morgan fingerprint density at radius 1 is 1.05 bits per heavy atom. The van der Waals surface area contributed by atoms with Gasteiger partial charge in [0.25, 0.3) is 0 Å². The standard InChI is InChI=1S/C19H22O3/c1-11-8-6-7-9-13(11)14-10-15(19(3,4)5)17(20)16(12(14)2)18(21)22/h6-10,20H,1-5H3,(H,21,22). The molecule has 0 aliphatic rings. The topological polar surface area (TPSA) is 57.5 Å². The fourth-order valence-electron chi connectivity index (χ4n) is 2.76. The van der Waals surface area contributed by atoms with Gasteiger partial charge in [0.2, 0.25) is 0 Å². The second-order valence-corrected chi connectivity index (χ2v) is 6.69. The van der Waals surface area contributed by atoms with Crippen LogP contribution in [0.5, 0.6) is 5.75 Å². The average Bonchev–Trinajstić information content (AvgIpc) is 2.38. The van der Waals surface area contributed by atoms with Gasteiger partial charge in [0.05, 0.1) is 0 Å². The smallest absolute Gasteiger partial charge is 0.339 e. The zero-order valence-electron chi connectivity index (χ0n) is 13.7. The van der Waals surface area contributed by atoms with Gasteiger partial charge in [0, 0.05) is 5.56 Å². The highest BCUT2D eigenvalue weighted by Crippen LogP contribution is 2.40. The largest absolute Gasteiger partial charge is 0.507 e. The summed E-state index contributed by atoms with van der Waals surface area (Å²) in [5.74, 6) is -1.23. The minimum absolute atomic E-state index is 0.00863. The summed E-state index contributed by atoms with van der Waals surface area (Å²) in [4.78, 5) is 11.6. The predicted octanol–water partition coefficient (Wildman–Crippen LogP) is 4.67. The van der Waals surface area contributed by atoms with Crippen LogP contribution in [0.15, 0.2) is 30.3 Å². The second-order valence-electron chi connectivity index (χ2n) is 6.69. The number of carboxylic acid groups (broad SMARTS) is 1. The molecule has 0 amide bonds. The van der Waals surface area contributed by atoms with Crippen LogP contribution >= 0.6 is 0 Å². The van der Waals surface area contributed by atoms with Crippen molar-refractivity contribution in [1.82, 2.24) is 0 Å². The molecule has 0 aliphatic carbocycles. The zero-order chi connectivity index (χ0) is 16.7. The van der Waals surface area contributed by atoms with Gasteiger partial charge in [0.1, 0.15) is 11.3 Å². The molecule has 0 atom stereocenters. The summed E-state index contributed by atoms with van der Waals surface area (Å²) in [5, 5.41) is 20.0. The maximum absolute atomic E-state index is 11.6. The number of aryl methyl sites for hydroxylation is 1. The summed E-state index contributed by atoms with van der Waals surface area (Å²) in [6, 6.07) is 9.79. The molecule has 22 heavy (non-hydrogen) atoms. The van der Waals surface area contributed by atoms with Crippen molar-refractivity contribution in [2.45, 2.75) is 40.0 Å². The van der Waals surface area contributed by atoms with Crippen LogP contribution in [0, 0.1) is 13.8 Å². The van der Waals surface area contributed by atoms with Gasteiger partial charge in [-0.25, -0.2) is 4.79 Å². The Labute approximate surface area is 131 Å². The highest BCUT2D eigenvalue weighted by Gasteiger charge is 2.27. The van der Waals surface area contributed by atoms with Gasteiger partial charge in [-0.2, -0.15) is 0 Å². The Hall–Kier alpha value is -2.29. The number of benzene rings is 2. The van der Waals surface area contributed by atoms with Crippen molar-refractivity contribution in [1.29, 1.82) is 0 Å². The third-order valence-corrected chi connectivity index (χ3v) is 4.02. The summed E-state index contributed by atoms with van der Waals surface area (Å²) in [6.07, 6.45) is 0. The molecular formula is C19H22O3. The van der Waals surface area contributed by atoms with Crippen molar-refractivity contribution in [3.05, 3.63) is 52.6 Å². The maximum atomic E-state index is 11.6. The van der Waals surface area contributed by atoms with Crippen molar-refractivity contribution < 1.29 is 15.0 Å². The third kappa shape index (κ3) is 2.71. The number of phenols is 1. The summed E-state index contributed by atoms with van der Waals surface area (Å²) in [7, 11) is 0. The molecule has 0 saturated heterocycles. The maximum Gasteiger partial charge on any atom is 0.339 e. The number of hydrogen-bond donors (Lipinski definition) is 2. The van der Waals surface area contributed by atoms with E-state index in [1.54, 1.807) is 6.92 Å². The molecule has 0 aromatic heterocycles. The van der Waals surface area contributed by atoms with E-state index in [9.17, 15) is 15.0 Å². The van der Waals surface area contributed by atoms with E-state index < -0.39 is 5.97 Å². The molecule has 3 nitrogen and oxygen atoms in total. The lowest BCUT2D eigenvalue weighted by Gasteiger charge is -2.24. The Morgan fingerprint density at radius 3 is 2.14 bits per heavy atom. The molecule has 0 heterocycles. The Morgan fingerprint density at radius 2 is 1.64 bits per heavy atom. The van der Waals surface area contributed by atoms with E-state index in [0.717, 1.165) is 16.7 Å². The van der Waals surface area contributed by atoms with Gasteiger partial charge in [-0.15, -0.1) is 0 Å². The molecule has 0 fully saturated rings. The number of hydrogen-bond acceptors (Lipinski definition) is 2. The first-order chi connectivity index (χ1) is 10.1. The van der Waals surface area contributed by atoms with Crippen molar-refractivity contribution in [3.63, 3.8) is 0 Å². The summed E-state index contributed by atoms with van der Waals surface area (Å²) < 4.78 is 0. The van der Waals surface area contributed by atoms with Crippen LogP contribution in [-0.2, 0) is 5.41 Å².